The Morgan fingerprint density at radius 2 is 1.95 bits per heavy atom. The predicted molar refractivity (Wildman–Crippen MR) is 83.5 cm³/mol. The summed E-state index contributed by atoms with van der Waals surface area (Å²) in [5.41, 5.74) is 6.73. The number of nitrogen functional groups attached to an aromatic ring is 1. The Hall–Kier alpha value is -1.84. The number of nitrogens with zero attached hydrogens (tertiary/aromatic N) is 2. The van der Waals surface area contributed by atoms with Crippen LogP contribution in [0.4, 0.5) is 11.8 Å². The van der Waals surface area contributed by atoms with E-state index in [1.807, 2.05) is 24.3 Å². The molecule has 0 spiro atoms. The molecule has 1 heterocycles. The molecule has 1 saturated carbocycles. The highest BCUT2D eigenvalue weighted by Gasteiger charge is 2.27. The third-order valence-electron chi connectivity index (χ3n) is 4.65. The average molecular weight is 270 g/mol. The van der Waals surface area contributed by atoms with Crippen molar-refractivity contribution in [2.75, 3.05) is 11.1 Å². The quantitative estimate of drug-likeness (QED) is 0.877. The molecule has 106 valence electrons. The van der Waals surface area contributed by atoms with Gasteiger partial charge in [-0.3, -0.25) is 0 Å². The van der Waals surface area contributed by atoms with Gasteiger partial charge in [0.05, 0.1) is 5.52 Å². The highest BCUT2D eigenvalue weighted by atomic mass is 15.1. The number of hydrogen-bond acceptors (Lipinski definition) is 4. The minimum atomic E-state index is 0.336. The zero-order valence-corrected chi connectivity index (χ0v) is 12.1. The molecular weight excluding hydrogens is 248 g/mol. The number of nitrogens with two attached hydrogens (primary N) is 1. The molecule has 3 unspecified atom stereocenters. The van der Waals surface area contributed by atoms with Crippen LogP contribution in [0.3, 0.4) is 0 Å². The monoisotopic (exact) mass is 270 g/mol. The van der Waals surface area contributed by atoms with E-state index in [-0.39, 0.29) is 0 Å². The first kappa shape index (κ1) is 13.2. The Labute approximate surface area is 119 Å². The highest BCUT2D eigenvalue weighted by molar-refractivity contribution is 5.89. The van der Waals surface area contributed by atoms with Crippen LogP contribution in [0.1, 0.15) is 33.1 Å². The summed E-state index contributed by atoms with van der Waals surface area (Å²) in [5, 5.41) is 4.66. The van der Waals surface area contributed by atoms with Crippen molar-refractivity contribution in [3.05, 3.63) is 24.3 Å². The van der Waals surface area contributed by atoms with Gasteiger partial charge in [0.15, 0.2) is 0 Å². The first-order valence-electron chi connectivity index (χ1n) is 7.44. The molecule has 3 atom stereocenters. The number of nitrogens with one attached hydrogen (secondary N) is 1. The van der Waals surface area contributed by atoms with Gasteiger partial charge in [-0.05, 0) is 30.4 Å². The number of hydrogen-bond donors (Lipinski definition) is 2. The number of benzene rings is 1. The van der Waals surface area contributed by atoms with Crippen molar-refractivity contribution in [2.45, 2.75) is 39.2 Å². The molecule has 4 heteroatoms. The van der Waals surface area contributed by atoms with Gasteiger partial charge in [0.25, 0.3) is 0 Å². The van der Waals surface area contributed by atoms with Gasteiger partial charge in [-0.15, -0.1) is 0 Å². The lowest BCUT2D eigenvalue weighted by Crippen LogP contribution is -2.35. The summed E-state index contributed by atoms with van der Waals surface area (Å²) < 4.78 is 0. The molecular formula is C16H22N4. The molecule has 3 N–H and O–H groups in total. The molecule has 0 aliphatic heterocycles. The number of rotatable bonds is 2. The van der Waals surface area contributed by atoms with Crippen molar-refractivity contribution < 1.29 is 0 Å². The second kappa shape index (κ2) is 5.27. The van der Waals surface area contributed by atoms with Crippen LogP contribution in [0, 0.1) is 11.8 Å². The van der Waals surface area contributed by atoms with Crippen molar-refractivity contribution >= 4 is 22.7 Å². The van der Waals surface area contributed by atoms with Crippen LogP contribution in [-0.4, -0.2) is 16.0 Å². The molecule has 4 nitrogen and oxygen atoms in total. The van der Waals surface area contributed by atoms with Crippen molar-refractivity contribution in [3.8, 4) is 0 Å². The minimum Gasteiger partial charge on any atom is -0.368 e. The first-order chi connectivity index (χ1) is 9.65. The van der Waals surface area contributed by atoms with Crippen LogP contribution in [-0.2, 0) is 0 Å². The average Bonchev–Trinajstić information content (AvgIpc) is 2.43. The fraction of sp³-hybridized carbons (Fsp3) is 0.500. The molecule has 0 radical (unpaired) electrons. The van der Waals surface area contributed by atoms with Gasteiger partial charge in [-0.25, -0.2) is 4.98 Å². The number of para-hydroxylation sites is 1. The summed E-state index contributed by atoms with van der Waals surface area (Å²) in [5.74, 6) is 2.62. The second-order valence-electron chi connectivity index (χ2n) is 5.97. The lowest BCUT2D eigenvalue weighted by molar-refractivity contribution is 0.253. The summed E-state index contributed by atoms with van der Waals surface area (Å²) in [6.45, 7) is 4.67. The largest absolute Gasteiger partial charge is 0.368 e. The maximum absolute atomic E-state index is 5.83. The summed E-state index contributed by atoms with van der Waals surface area (Å²) in [6, 6.07) is 8.49. The summed E-state index contributed by atoms with van der Waals surface area (Å²) in [6.07, 6.45) is 3.80. The molecule has 1 aromatic heterocycles. The SMILES string of the molecule is CC1CCCC(Nc2nc(N)nc3ccccc23)C1C. The normalized spacial score (nSPS) is 26.6. The van der Waals surface area contributed by atoms with Gasteiger partial charge in [-0.2, -0.15) is 4.98 Å². The third-order valence-corrected chi connectivity index (χ3v) is 4.65. The van der Waals surface area contributed by atoms with Crippen molar-refractivity contribution in [3.63, 3.8) is 0 Å². The number of aromatic nitrogens is 2. The van der Waals surface area contributed by atoms with Gasteiger partial charge < -0.3 is 11.1 Å². The molecule has 1 aromatic carbocycles. The topological polar surface area (TPSA) is 63.8 Å². The van der Waals surface area contributed by atoms with Crippen LogP contribution in [0.2, 0.25) is 0 Å². The lowest BCUT2D eigenvalue weighted by Gasteiger charge is -2.35. The van der Waals surface area contributed by atoms with E-state index >= 15 is 0 Å². The van der Waals surface area contributed by atoms with Crippen LogP contribution < -0.4 is 11.1 Å². The standard InChI is InChI=1S/C16H22N4/c1-10-6-5-9-13(11(10)2)18-15-12-7-3-4-8-14(12)19-16(17)20-15/h3-4,7-8,10-11,13H,5-6,9H2,1-2H3,(H3,17,18,19,20). The van der Waals surface area contributed by atoms with Gasteiger partial charge >= 0.3 is 0 Å². The summed E-state index contributed by atoms with van der Waals surface area (Å²) in [4.78, 5) is 8.70. The summed E-state index contributed by atoms with van der Waals surface area (Å²) >= 11 is 0. The fourth-order valence-corrected chi connectivity index (χ4v) is 3.17. The van der Waals surface area contributed by atoms with Crippen LogP contribution in [0.25, 0.3) is 10.9 Å². The van der Waals surface area contributed by atoms with Gasteiger partial charge in [0.1, 0.15) is 5.82 Å². The highest BCUT2D eigenvalue weighted by Crippen LogP contribution is 2.32. The molecule has 3 rings (SSSR count). The van der Waals surface area contributed by atoms with E-state index in [1.54, 1.807) is 0 Å². The Bertz CT molecular complexity index is 610. The number of anilines is 2. The lowest BCUT2D eigenvalue weighted by atomic mass is 9.78. The van der Waals surface area contributed by atoms with Crippen molar-refractivity contribution in [1.82, 2.24) is 9.97 Å². The minimum absolute atomic E-state index is 0.336. The van der Waals surface area contributed by atoms with Crippen molar-refractivity contribution in [2.24, 2.45) is 11.8 Å². The van der Waals surface area contributed by atoms with Gasteiger partial charge in [-0.1, -0.05) is 38.8 Å². The maximum Gasteiger partial charge on any atom is 0.222 e. The Morgan fingerprint density at radius 1 is 1.15 bits per heavy atom. The van der Waals surface area contributed by atoms with E-state index in [2.05, 4.69) is 29.1 Å². The van der Waals surface area contributed by atoms with E-state index < -0.39 is 0 Å². The smallest absolute Gasteiger partial charge is 0.222 e. The van der Waals surface area contributed by atoms with Gasteiger partial charge in [0.2, 0.25) is 5.95 Å². The van der Waals surface area contributed by atoms with E-state index in [4.69, 9.17) is 5.73 Å². The second-order valence-corrected chi connectivity index (χ2v) is 5.97. The van der Waals surface area contributed by atoms with E-state index in [0.29, 0.717) is 17.9 Å². The Balaban J connectivity index is 1.94. The number of fused-ring (bicyclic) bond motifs is 1. The molecule has 20 heavy (non-hydrogen) atoms. The zero-order valence-electron chi connectivity index (χ0n) is 12.1. The van der Waals surface area contributed by atoms with Crippen LogP contribution in [0.15, 0.2) is 24.3 Å². The molecule has 1 fully saturated rings. The van der Waals surface area contributed by atoms with Crippen LogP contribution >= 0.6 is 0 Å². The van der Waals surface area contributed by atoms with Gasteiger partial charge in [0, 0.05) is 11.4 Å². The first-order valence-corrected chi connectivity index (χ1v) is 7.44. The van der Waals surface area contributed by atoms with Crippen molar-refractivity contribution in [1.29, 1.82) is 0 Å². The molecule has 0 saturated heterocycles. The predicted octanol–water partition coefficient (Wildman–Crippen LogP) is 3.45. The van der Waals surface area contributed by atoms with E-state index in [9.17, 15) is 0 Å². The molecule has 2 aromatic rings. The maximum atomic E-state index is 5.83. The fourth-order valence-electron chi connectivity index (χ4n) is 3.17. The molecule has 0 amide bonds. The van der Waals surface area contributed by atoms with E-state index in [0.717, 1.165) is 22.6 Å². The Kier molecular flexibility index (Phi) is 3.47. The zero-order chi connectivity index (χ0) is 14.1. The van der Waals surface area contributed by atoms with E-state index in [1.165, 1.54) is 19.3 Å². The summed E-state index contributed by atoms with van der Waals surface area (Å²) in [7, 11) is 0. The van der Waals surface area contributed by atoms with Crippen LogP contribution in [0.5, 0.6) is 0 Å². The molecule has 1 aliphatic carbocycles. The molecule has 0 bridgehead atoms. The Morgan fingerprint density at radius 3 is 2.80 bits per heavy atom. The molecule has 1 aliphatic rings. The third kappa shape index (κ3) is 2.42.